The van der Waals surface area contributed by atoms with Gasteiger partial charge in [0.1, 0.15) is 0 Å². The molecule has 3 nitrogen and oxygen atoms in total. The van der Waals surface area contributed by atoms with Crippen LogP contribution in [0.15, 0.2) is 34.3 Å². The first-order valence-electron chi connectivity index (χ1n) is 5.48. The van der Waals surface area contributed by atoms with E-state index < -0.39 is 0 Å². The highest BCUT2D eigenvalue weighted by Crippen LogP contribution is 2.29. The summed E-state index contributed by atoms with van der Waals surface area (Å²) in [6.45, 7) is 3.84. The zero-order valence-electron chi connectivity index (χ0n) is 10.1. The van der Waals surface area contributed by atoms with Gasteiger partial charge in [0.25, 0.3) is 0 Å². The molecule has 0 amide bonds. The van der Waals surface area contributed by atoms with Gasteiger partial charge in [0.15, 0.2) is 5.16 Å². The molecule has 0 spiro atoms. The summed E-state index contributed by atoms with van der Waals surface area (Å²) < 4.78 is 0. The monoisotopic (exact) mass is 280 g/mol. The summed E-state index contributed by atoms with van der Waals surface area (Å²) in [7, 11) is 0. The molecule has 1 N–H and O–H groups in total. The maximum Gasteiger partial charge on any atom is 0.192 e. The van der Waals surface area contributed by atoms with Crippen molar-refractivity contribution >= 4 is 23.4 Å². The molecular formula is C13H13ClN2OS. The lowest BCUT2D eigenvalue weighted by Gasteiger charge is -2.05. The van der Waals surface area contributed by atoms with E-state index in [2.05, 4.69) is 9.97 Å². The molecule has 5 heteroatoms. The first-order valence-corrected chi connectivity index (χ1v) is 6.67. The Balaban J connectivity index is 2.25. The van der Waals surface area contributed by atoms with Crippen LogP contribution in [0.4, 0.5) is 0 Å². The van der Waals surface area contributed by atoms with Crippen molar-refractivity contribution in [3.05, 3.63) is 46.2 Å². The summed E-state index contributed by atoms with van der Waals surface area (Å²) in [5, 5.41) is 10.3. The normalized spacial score (nSPS) is 10.7. The van der Waals surface area contributed by atoms with Crippen LogP contribution in [0.1, 0.15) is 17.0 Å². The van der Waals surface area contributed by atoms with Crippen molar-refractivity contribution < 1.29 is 5.11 Å². The molecule has 1 aromatic carbocycles. The summed E-state index contributed by atoms with van der Waals surface area (Å²) in [4.78, 5) is 9.68. The van der Waals surface area contributed by atoms with Crippen molar-refractivity contribution in [2.75, 3.05) is 0 Å². The molecule has 94 valence electrons. The molecule has 2 rings (SSSR count). The SMILES string of the molecule is Cc1cc(C)nc(Sc2ccc(CO)c(Cl)c2)n1. The fraction of sp³-hybridized carbons (Fsp3) is 0.231. The van der Waals surface area contributed by atoms with E-state index in [1.807, 2.05) is 38.1 Å². The topological polar surface area (TPSA) is 46.0 Å². The van der Waals surface area contributed by atoms with Crippen molar-refractivity contribution in [2.45, 2.75) is 30.5 Å². The predicted molar refractivity (Wildman–Crippen MR) is 73.0 cm³/mol. The van der Waals surface area contributed by atoms with Crippen LogP contribution in [-0.2, 0) is 6.61 Å². The molecule has 0 saturated carbocycles. The Morgan fingerprint density at radius 2 is 1.83 bits per heavy atom. The molecule has 2 aromatic rings. The molecule has 1 aromatic heterocycles. The summed E-state index contributed by atoms with van der Waals surface area (Å²) in [6, 6.07) is 7.47. The first-order chi connectivity index (χ1) is 8.58. The lowest BCUT2D eigenvalue weighted by atomic mass is 10.2. The second-order valence-electron chi connectivity index (χ2n) is 3.95. The number of benzene rings is 1. The van der Waals surface area contributed by atoms with Gasteiger partial charge in [-0.3, -0.25) is 0 Å². The van der Waals surface area contributed by atoms with E-state index in [0.717, 1.165) is 21.8 Å². The van der Waals surface area contributed by atoms with E-state index in [-0.39, 0.29) is 6.61 Å². The number of aliphatic hydroxyl groups excluding tert-OH is 1. The number of halogens is 1. The summed E-state index contributed by atoms with van der Waals surface area (Å²) in [5.41, 5.74) is 2.62. The molecule has 0 atom stereocenters. The lowest BCUT2D eigenvalue weighted by molar-refractivity contribution is 0.282. The Hall–Kier alpha value is -1.10. The lowest BCUT2D eigenvalue weighted by Crippen LogP contribution is -1.92. The maximum atomic E-state index is 9.06. The number of hydrogen-bond donors (Lipinski definition) is 1. The number of nitrogens with zero attached hydrogens (tertiary/aromatic N) is 2. The Morgan fingerprint density at radius 3 is 2.39 bits per heavy atom. The van der Waals surface area contributed by atoms with E-state index in [1.165, 1.54) is 11.8 Å². The minimum atomic E-state index is -0.0518. The minimum absolute atomic E-state index is 0.0518. The van der Waals surface area contributed by atoms with E-state index in [9.17, 15) is 0 Å². The molecular weight excluding hydrogens is 268 g/mol. The molecule has 0 aliphatic rings. The molecule has 0 radical (unpaired) electrons. The Bertz CT molecular complexity index is 555. The van der Waals surface area contributed by atoms with Crippen LogP contribution in [-0.4, -0.2) is 15.1 Å². The van der Waals surface area contributed by atoms with Gasteiger partial charge in [-0.15, -0.1) is 0 Å². The average molecular weight is 281 g/mol. The van der Waals surface area contributed by atoms with Gasteiger partial charge in [-0.1, -0.05) is 17.7 Å². The number of rotatable bonds is 3. The van der Waals surface area contributed by atoms with Crippen LogP contribution in [0, 0.1) is 13.8 Å². The summed E-state index contributed by atoms with van der Waals surface area (Å²) >= 11 is 7.51. The Morgan fingerprint density at radius 1 is 1.17 bits per heavy atom. The van der Waals surface area contributed by atoms with Gasteiger partial charge < -0.3 is 5.11 Å². The van der Waals surface area contributed by atoms with Gasteiger partial charge in [0.2, 0.25) is 0 Å². The highest BCUT2D eigenvalue weighted by molar-refractivity contribution is 7.99. The van der Waals surface area contributed by atoms with Crippen molar-refractivity contribution in [3.8, 4) is 0 Å². The van der Waals surface area contributed by atoms with Crippen molar-refractivity contribution in [3.63, 3.8) is 0 Å². The molecule has 18 heavy (non-hydrogen) atoms. The largest absolute Gasteiger partial charge is 0.392 e. The van der Waals surface area contributed by atoms with Crippen LogP contribution in [0.3, 0.4) is 0 Å². The van der Waals surface area contributed by atoms with Crippen molar-refractivity contribution in [1.29, 1.82) is 0 Å². The third-order valence-corrected chi connectivity index (χ3v) is 3.57. The van der Waals surface area contributed by atoms with Gasteiger partial charge in [-0.05, 0) is 49.4 Å². The van der Waals surface area contributed by atoms with Gasteiger partial charge in [0, 0.05) is 21.3 Å². The van der Waals surface area contributed by atoms with Crippen LogP contribution in [0.5, 0.6) is 0 Å². The van der Waals surface area contributed by atoms with Crippen LogP contribution in [0.25, 0.3) is 0 Å². The third kappa shape index (κ3) is 3.22. The second kappa shape index (κ2) is 5.69. The molecule has 0 fully saturated rings. The molecule has 0 aliphatic carbocycles. The second-order valence-corrected chi connectivity index (χ2v) is 5.39. The van der Waals surface area contributed by atoms with Gasteiger partial charge >= 0.3 is 0 Å². The van der Waals surface area contributed by atoms with Crippen LogP contribution >= 0.6 is 23.4 Å². The van der Waals surface area contributed by atoms with Gasteiger partial charge in [0.05, 0.1) is 6.61 Å². The number of aliphatic hydroxyl groups is 1. The quantitative estimate of drug-likeness (QED) is 0.876. The average Bonchev–Trinajstić information content (AvgIpc) is 2.27. The maximum absolute atomic E-state index is 9.06. The molecule has 0 saturated heterocycles. The molecule has 0 unspecified atom stereocenters. The fourth-order valence-corrected chi connectivity index (χ4v) is 2.77. The standard InChI is InChI=1S/C13H13ClN2OS/c1-8-5-9(2)16-13(15-8)18-11-4-3-10(7-17)12(14)6-11/h3-6,17H,7H2,1-2H3. The van der Waals surface area contributed by atoms with E-state index in [1.54, 1.807) is 0 Å². The van der Waals surface area contributed by atoms with E-state index in [4.69, 9.17) is 16.7 Å². The highest BCUT2D eigenvalue weighted by atomic mass is 35.5. The van der Waals surface area contributed by atoms with Crippen molar-refractivity contribution in [1.82, 2.24) is 9.97 Å². The highest BCUT2D eigenvalue weighted by Gasteiger charge is 2.05. The zero-order valence-corrected chi connectivity index (χ0v) is 11.7. The number of aromatic nitrogens is 2. The van der Waals surface area contributed by atoms with Crippen LogP contribution in [0.2, 0.25) is 5.02 Å². The number of aryl methyl sites for hydroxylation is 2. The smallest absolute Gasteiger partial charge is 0.192 e. The first kappa shape index (κ1) is 13.3. The van der Waals surface area contributed by atoms with Gasteiger partial charge in [-0.25, -0.2) is 9.97 Å². The van der Waals surface area contributed by atoms with Crippen LogP contribution < -0.4 is 0 Å². The van der Waals surface area contributed by atoms with Crippen molar-refractivity contribution in [2.24, 2.45) is 0 Å². The third-order valence-electron chi connectivity index (χ3n) is 2.37. The predicted octanol–water partition coefficient (Wildman–Crippen LogP) is 3.39. The Kier molecular flexibility index (Phi) is 4.22. The summed E-state index contributed by atoms with van der Waals surface area (Å²) in [6.07, 6.45) is 0. The van der Waals surface area contributed by atoms with Gasteiger partial charge in [-0.2, -0.15) is 0 Å². The molecule has 0 bridgehead atoms. The number of hydrogen-bond acceptors (Lipinski definition) is 4. The summed E-state index contributed by atoms with van der Waals surface area (Å²) in [5.74, 6) is 0. The van der Waals surface area contributed by atoms with E-state index in [0.29, 0.717) is 10.2 Å². The zero-order chi connectivity index (χ0) is 13.1. The fourth-order valence-electron chi connectivity index (χ4n) is 1.56. The Labute approximate surface area is 115 Å². The van der Waals surface area contributed by atoms with E-state index >= 15 is 0 Å². The molecule has 0 aliphatic heterocycles. The molecule has 1 heterocycles. The minimum Gasteiger partial charge on any atom is -0.392 e.